The molecule has 0 radical (unpaired) electrons. The summed E-state index contributed by atoms with van der Waals surface area (Å²) in [4.78, 5) is 35.6. The summed E-state index contributed by atoms with van der Waals surface area (Å²) >= 11 is 0. The Kier molecular flexibility index (Phi) is 8.71. The predicted molar refractivity (Wildman–Crippen MR) is 97.8 cm³/mol. The summed E-state index contributed by atoms with van der Waals surface area (Å²) < 4.78 is 22.8. The van der Waals surface area contributed by atoms with E-state index in [2.05, 4.69) is 10.6 Å². The third kappa shape index (κ3) is 9.03. The number of rotatable bonds is 8. The molecule has 1 rings (SSSR count). The number of methoxy groups -OCH3 is 1. The fourth-order valence-corrected chi connectivity index (χ4v) is 2.21. The van der Waals surface area contributed by atoms with Crippen LogP contribution in [0, 0.1) is 5.82 Å². The second kappa shape index (κ2) is 10.5. The molecular weight excluding hydrogens is 355 g/mol. The normalized spacial score (nSPS) is 12.0. The SMILES string of the molecule is COC(=O)[C@H](CCCCNC(=O)OC(C)(C)C)NC(=O)c1ccc(F)cc1. The van der Waals surface area contributed by atoms with Crippen LogP contribution in [0.15, 0.2) is 24.3 Å². The first-order valence-electron chi connectivity index (χ1n) is 8.73. The van der Waals surface area contributed by atoms with Crippen LogP contribution in [0.25, 0.3) is 0 Å². The first-order valence-corrected chi connectivity index (χ1v) is 8.73. The van der Waals surface area contributed by atoms with Crippen molar-refractivity contribution in [2.24, 2.45) is 0 Å². The Balaban J connectivity index is 2.44. The fourth-order valence-electron chi connectivity index (χ4n) is 2.21. The summed E-state index contributed by atoms with van der Waals surface area (Å²) in [5.74, 6) is -1.50. The number of hydrogen-bond donors (Lipinski definition) is 2. The molecule has 0 saturated carbocycles. The topological polar surface area (TPSA) is 93.7 Å². The highest BCUT2D eigenvalue weighted by atomic mass is 19.1. The van der Waals surface area contributed by atoms with Gasteiger partial charge < -0.3 is 20.1 Å². The molecule has 0 aliphatic carbocycles. The Morgan fingerprint density at radius 2 is 1.74 bits per heavy atom. The summed E-state index contributed by atoms with van der Waals surface area (Å²) in [6, 6.07) is 4.19. The van der Waals surface area contributed by atoms with Gasteiger partial charge in [0.15, 0.2) is 0 Å². The van der Waals surface area contributed by atoms with Gasteiger partial charge in [-0.05, 0) is 64.3 Å². The lowest BCUT2D eigenvalue weighted by atomic mass is 10.1. The van der Waals surface area contributed by atoms with Gasteiger partial charge in [-0.1, -0.05) is 0 Å². The standard InChI is InChI=1S/C19H27FN2O5/c1-19(2,3)27-18(25)21-12-6-5-7-15(17(24)26-4)22-16(23)13-8-10-14(20)11-9-13/h8-11,15H,5-7,12H2,1-4H3,(H,21,25)(H,22,23)/t15-/m0/s1. The molecule has 0 aliphatic rings. The zero-order valence-corrected chi connectivity index (χ0v) is 16.1. The van der Waals surface area contributed by atoms with Gasteiger partial charge in [-0.25, -0.2) is 14.0 Å². The molecule has 0 heterocycles. The van der Waals surface area contributed by atoms with E-state index in [1.54, 1.807) is 20.8 Å². The zero-order valence-electron chi connectivity index (χ0n) is 16.1. The van der Waals surface area contributed by atoms with Crippen molar-refractivity contribution in [3.63, 3.8) is 0 Å². The van der Waals surface area contributed by atoms with Gasteiger partial charge in [-0.15, -0.1) is 0 Å². The van der Waals surface area contributed by atoms with Crippen molar-refractivity contribution in [1.29, 1.82) is 0 Å². The molecular formula is C19H27FN2O5. The van der Waals surface area contributed by atoms with Crippen LogP contribution < -0.4 is 10.6 Å². The van der Waals surface area contributed by atoms with Gasteiger partial charge in [-0.3, -0.25) is 4.79 Å². The number of esters is 1. The van der Waals surface area contributed by atoms with Gasteiger partial charge in [0, 0.05) is 12.1 Å². The third-order valence-corrected chi connectivity index (χ3v) is 3.49. The van der Waals surface area contributed by atoms with E-state index in [0.717, 1.165) is 0 Å². The highest BCUT2D eigenvalue weighted by Gasteiger charge is 2.22. The van der Waals surface area contributed by atoms with Crippen LogP contribution in [0.5, 0.6) is 0 Å². The van der Waals surface area contributed by atoms with E-state index >= 15 is 0 Å². The van der Waals surface area contributed by atoms with Gasteiger partial charge in [0.05, 0.1) is 7.11 Å². The van der Waals surface area contributed by atoms with Crippen LogP contribution in [-0.2, 0) is 14.3 Å². The molecule has 0 aromatic heterocycles. The maximum absolute atomic E-state index is 12.9. The summed E-state index contributed by atoms with van der Waals surface area (Å²) in [7, 11) is 1.24. The minimum Gasteiger partial charge on any atom is -0.467 e. The highest BCUT2D eigenvalue weighted by Crippen LogP contribution is 2.08. The molecule has 1 aromatic carbocycles. The van der Waals surface area contributed by atoms with Crippen molar-refractivity contribution in [2.45, 2.75) is 51.7 Å². The van der Waals surface area contributed by atoms with Gasteiger partial charge >= 0.3 is 12.1 Å². The number of carbonyl (C=O) groups is 3. The molecule has 0 saturated heterocycles. The van der Waals surface area contributed by atoms with E-state index in [1.165, 1.54) is 31.4 Å². The van der Waals surface area contributed by atoms with Crippen molar-refractivity contribution in [1.82, 2.24) is 10.6 Å². The summed E-state index contributed by atoms with van der Waals surface area (Å²) in [6.45, 7) is 5.71. The average Bonchev–Trinajstić information content (AvgIpc) is 2.58. The third-order valence-electron chi connectivity index (χ3n) is 3.49. The quantitative estimate of drug-likeness (QED) is 0.533. The Morgan fingerprint density at radius 1 is 1.11 bits per heavy atom. The monoisotopic (exact) mass is 382 g/mol. The number of carbonyl (C=O) groups excluding carboxylic acids is 3. The second-order valence-corrected chi connectivity index (χ2v) is 6.98. The van der Waals surface area contributed by atoms with E-state index in [9.17, 15) is 18.8 Å². The Labute approximate surface area is 158 Å². The van der Waals surface area contributed by atoms with E-state index in [0.29, 0.717) is 25.8 Å². The summed E-state index contributed by atoms with van der Waals surface area (Å²) in [5.41, 5.74) is -0.318. The smallest absolute Gasteiger partial charge is 0.407 e. The molecule has 0 spiro atoms. The molecule has 0 aliphatic heterocycles. The lowest BCUT2D eigenvalue weighted by Crippen LogP contribution is -2.41. The molecule has 0 unspecified atom stereocenters. The van der Waals surface area contributed by atoms with E-state index < -0.39 is 35.4 Å². The van der Waals surface area contributed by atoms with Crippen molar-refractivity contribution >= 4 is 18.0 Å². The van der Waals surface area contributed by atoms with Crippen LogP contribution >= 0.6 is 0 Å². The molecule has 7 nitrogen and oxygen atoms in total. The second-order valence-electron chi connectivity index (χ2n) is 6.98. The largest absolute Gasteiger partial charge is 0.467 e. The van der Waals surface area contributed by atoms with E-state index in [4.69, 9.17) is 9.47 Å². The number of ether oxygens (including phenoxy) is 2. The van der Waals surface area contributed by atoms with Gasteiger partial charge in [-0.2, -0.15) is 0 Å². The Morgan fingerprint density at radius 3 is 2.30 bits per heavy atom. The molecule has 150 valence electrons. The van der Waals surface area contributed by atoms with Crippen molar-refractivity contribution in [2.75, 3.05) is 13.7 Å². The number of halogens is 1. The maximum atomic E-state index is 12.9. The number of hydrogen-bond acceptors (Lipinski definition) is 5. The zero-order chi connectivity index (χ0) is 20.4. The van der Waals surface area contributed by atoms with E-state index in [-0.39, 0.29) is 5.56 Å². The van der Waals surface area contributed by atoms with Crippen molar-refractivity contribution < 1.29 is 28.2 Å². The molecule has 2 amide bonds. The molecule has 2 N–H and O–H groups in total. The van der Waals surface area contributed by atoms with Gasteiger partial charge in [0.2, 0.25) is 0 Å². The van der Waals surface area contributed by atoms with Gasteiger partial charge in [0.1, 0.15) is 17.5 Å². The first kappa shape index (κ1) is 22.4. The minimum atomic E-state index is -0.825. The van der Waals surface area contributed by atoms with E-state index in [1.807, 2.05) is 0 Å². The molecule has 1 aromatic rings. The van der Waals surface area contributed by atoms with Crippen LogP contribution in [0.4, 0.5) is 9.18 Å². The highest BCUT2D eigenvalue weighted by molar-refractivity contribution is 5.96. The van der Waals surface area contributed by atoms with Crippen LogP contribution in [0.2, 0.25) is 0 Å². The molecule has 8 heteroatoms. The Bertz CT molecular complexity index is 640. The van der Waals surface area contributed by atoms with Crippen molar-refractivity contribution in [3.05, 3.63) is 35.6 Å². The lowest BCUT2D eigenvalue weighted by Gasteiger charge is -2.20. The predicted octanol–water partition coefficient (Wildman–Crippen LogP) is 2.79. The number of benzene rings is 1. The van der Waals surface area contributed by atoms with Crippen LogP contribution in [-0.4, -0.2) is 43.3 Å². The molecule has 1 atom stereocenters. The van der Waals surface area contributed by atoms with Gasteiger partial charge in [0.25, 0.3) is 5.91 Å². The fraction of sp³-hybridized carbons (Fsp3) is 0.526. The average molecular weight is 382 g/mol. The number of unbranched alkanes of at least 4 members (excludes halogenated alkanes) is 1. The molecule has 27 heavy (non-hydrogen) atoms. The van der Waals surface area contributed by atoms with Crippen molar-refractivity contribution in [3.8, 4) is 0 Å². The minimum absolute atomic E-state index is 0.247. The molecule has 0 fully saturated rings. The number of nitrogens with one attached hydrogen (secondary N) is 2. The summed E-state index contributed by atoms with van der Waals surface area (Å²) in [5, 5.41) is 5.21. The van der Waals surface area contributed by atoms with Crippen LogP contribution in [0.1, 0.15) is 50.4 Å². The maximum Gasteiger partial charge on any atom is 0.407 e. The lowest BCUT2D eigenvalue weighted by molar-refractivity contribution is -0.143. The number of alkyl carbamates (subject to hydrolysis) is 1. The Hall–Kier alpha value is -2.64. The van der Waals surface area contributed by atoms with Crippen LogP contribution in [0.3, 0.4) is 0 Å². The number of amides is 2. The first-order chi connectivity index (χ1) is 12.6. The summed E-state index contributed by atoms with van der Waals surface area (Å²) in [6.07, 6.45) is 1.00. The molecule has 0 bridgehead atoms.